The van der Waals surface area contributed by atoms with Crippen LogP contribution in [0.1, 0.15) is 6.92 Å². The zero-order valence-electron chi connectivity index (χ0n) is 8.01. The second-order valence-electron chi connectivity index (χ2n) is 3.04. The molecule has 2 rings (SSSR count). The molecule has 14 heavy (non-hydrogen) atoms. The maximum Gasteiger partial charge on any atom is 0.215 e. The summed E-state index contributed by atoms with van der Waals surface area (Å²) in [5.74, 6) is 0.671. The molecule has 2 atom stereocenters. The largest absolute Gasteiger partial charge is 0.482 e. The zero-order chi connectivity index (χ0) is 10.1. The molecule has 0 N–H and O–H groups in total. The Morgan fingerprint density at radius 1 is 1.64 bits per heavy atom. The molecule has 0 radical (unpaired) electrons. The van der Waals surface area contributed by atoms with Gasteiger partial charge in [0.25, 0.3) is 0 Å². The number of fused-ring (bicyclic) bond motifs is 1. The van der Waals surface area contributed by atoms with Gasteiger partial charge in [0.15, 0.2) is 6.04 Å². The Labute approximate surface area is 90.6 Å². The fourth-order valence-corrected chi connectivity index (χ4v) is 2.03. The van der Waals surface area contributed by atoms with Gasteiger partial charge in [-0.25, -0.2) is 4.99 Å². The summed E-state index contributed by atoms with van der Waals surface area (Å²) in [6.07, 6.45) is 1.72. The van der Waals surface area contributed by atoms with E-state index in [9.17, 15) is 0 Å². The molecular formula is C8H11BrN4O. The minimum absolute atomic E-state index is 0.00222. The van der Waals surface area contributed by atoms with Gasteiger partial charge in [0.05, 0.1) is 7.11 Å². The number of hydrogen-bond acceptors (Lipinski definition) is 5. The maximum absolute atomic E-state index is 5.21. The molecule has 2 aliphatic heterocycles. The summed E-state index contributed by atoms with van der Waals surface area (Å²) < 4.78 is 6.16. The third-order valence-corrected chi connectivity index (χ3v) is 2.97. The van der Waals surface area contributed by atoms with Crippen molar-refractivity contribution in [2.75, 3.05) is 13.7 Å². The first-order chi connectivity index (χ1) is 6.77. The highest BCUT2D eigenvalue weighted by molar-refractivity contribution is 9.11. The van der Waals surface area contributed by atoms with Crippen molar-refractivity contribution in [2.45, 2.75) is 19.0 Å². The van der Waals surface area contributed by atoms with E-state index in [4.69, 9.17) is 4.74 Å². The summed E-state index contributed by atoms with van der Waals surface area (Å²) in [7, 11) is 1.62. The Hall–Kier alpha value is -0.910. The summed E-state index contributed by atoms with van der Waals surface area (Å²) in [5.41, 5.74) is 0. The van der Waals surface area contributed by atoms with Crippen LogP contribution in [0.3, 0.4) is 0 Å². The SMILES string of the molecule is CCN1N=NC2C(Br)=CN=C(OC)C21. The predicted molar refractivity (Wildman–Crippen MR) is 56.3 cm³/mol. The number of aliphatic imine (C=N–C) groups is 1. The van der Waals surface area contributed by atoms with Crippen LogP contribution in [0.4, 0.5) is 0 Å². The molecule has 2 aliphatic rings. The van der Waals surface area contributed by atoms with Crippen LogP contribution in [0.5, 0.6) is 0 Å². The highest BCUT2D eigenvalue weighted by atomic mass is 79.9. The van der Waals surface area contributed by atoms with Crippen molar-refractivity contribution in [3.8, 4) is 0 Å². The number of rotatable bonds is 1. The predicted octanol–water partition coefficient (Wildman–Crippen LogP) is 1.72. The Balaban J connectivity index is 2.31. The topological polar surface area (TPSA) is 49.5 Å². The highest BCUT2D eigenvalue weighted by Gasteiger charge is 2.40. The monoisotopic (exact) mass is 258 g/mol. The van der Waals surface area contributed by atoms with Gasteiger partial charge in [-0.15, -0.1) is 0 Å². The minimum atomic E-state index is 0.00222. The Morgan fingerprint density at radius 2 is 2.43 bits per heavy atom. The lowest BCUT2D eigenvalue weighted by Gasteiger charge is -2.26. The fourth-order valence-electron chi connectivity index (χ4n) is 1.58. The van der Waals surface area contributed by atoms with Crippen molar-refractivity contribution in [2.24, 2.45) is 15.3 Å². The van der Waals surface area contributed by atoms with Crippen molar-refractivity contribution in [1.82, 2.24) is 5.01 Å². The number of halogens is 1. The number of nitrogens with zero attached hydrogens (tertiary/aromatic N) is 4. The van der Waals surface area contributed by atoms with Crippen LogP contribution in [-0.2, 0) is 4.74 Å². The third kappa shape index (κ3) is 1.33. The molecule has 6 heteroatoms. The van der Waals surface area contributed by atoms with Gasteiger partial charge in [0.1, 0.15) is 6.04 Å². The molecule has 0 aromatic heterocycles. The second-order valence-corrected chi connectivity index (χ2v) is 3.95. The smallest absolute Gasteiger partial charge is 0.215 e. The average molecular weight is 259 g/mol. The van der Waals surface area contributed by atoms with Crippen molar-refractivity contribution in [3.63, 3.8) is 0 Å². The summed E-state index contributed by atoms with van der Waals surface area (Å²) in [5, 5.41) is 10.1. The van der Waals surface area contributed by atoms with E-state index < -0.39 is 0 Å². The first-order valence-corrected chi connectivity index (χ1v) is 5.22. The molecule has 0 saturated carbocycles. The third-order valence-electron chi connectivity index (χ3n) is 2.29. The van der Waals surface area contributed by atoms with Crippen LogP contribution in [0, 0.1) is 0 Å². The first kappa shape index (κ1) is 9.64. The molecule has 0 aromatic carbocycles. The van der Waals surface area contributed by atoms with E-state index in [2.05, 4.69) is 31.3 Å². The van der Waals surface area contributed by atoms with Crippen LogP contribution in [-0.4, -0.2) is 36.6 Å². The fraction of sp³-hybridized carbons (Fsp3) is 0.625. The molecule has 0 bridgehead atoms. The van der Waals surface area contributed by atoms with Crippen molar-refractivity contribution in [3.05, 3.63) is 10.7 Å². The molecule has 2 heterocycles. The number of methoxy groups -OCH3 is 1. The lowest BCUT2D eigenvalue weighted by molar-refractivity contribution is 0.250. The standard InChI is InChI=1S/C8H11BrN4O/c1-3-13-7-6(11-12-13)5(9)4-10-8(7)14-2/h4,6-7H,3H2,1-2H3. The van der Waals surface area contributed by atoms with Gasteiger partial charge in [-0.1, -0.05) is 21.2 Å². The molecule has 2 unspecified atom stereocenters. The van der Waals surface area contributed by atoms with Crippen molar-refractivity contribution >= 4 is 21.8 Å². The molecular weight excluding hydrogens is 248 g/mol. The Kier molecular flexibility index (Phi) is 2.54. The minimum Gasteiger partial charge on any atom is -0.482 e. The molecule has 0 saturated heterocycles. The van der Waals surface area contributed by atoms with Crippen molar-refractivity contribution in [1.29, 1.82) is 0 Å². The zero-order valence-corrected chi connectivity index (χ0v) is 9.60. The van der Waals surface area contributed by atoms with Crippen LogP contribution in [0.25, 0.3) is 0 Å². The Morgan fingerprint density at radius 3 is 3.07 bits per heavy atom. The molecule has 0 aromatic rings. The van der Waals surface area contributed by atoms with Gasteiger partial charge in [-0.3, -0.25) is 5.01 Å². The molecule has 76 valence electrons. The molecule has 0 amide bonds. The molecule has 0 spiro atoms. The van der Waals surface area contributed by atoms with Crippen LogP contribution in [0.15, 0.2) is 26.0 Å². The van der Waals surface area contributed by atoms with E-state index >= 15 is 0 Å². The number of likely N-dealkylation sites (N-methyl/N-ethyl adjacent to an activating group) is 1. The van der Waals surface area contributed by atoms with Gasteiger partial charge in [-0.05, 0) is 6.92 Å². The van der Waals surface area contributed by atoms with Crippen molar-refractivity contribution < 1.29 is 4.74 Å². The molecule has 0 aliphatic carbocycles. The molecule has 0 fully saturated rings. The normalized spacial score (nSPS) is 29.8. The quantitative estimate of drug-likeness (QED) is 0.719. The maximum atomic E-state index is 5.21. The van der Waals surface area contributed by atoms with Gasteiger partial charge >= 0.3 is 0 Å². The van der Waals surface area contributed by atoms with E-state index in [0.717, 1.165) is 11.0 Å². The highest BCUT2D eigenvalue weighted by Crippen LogP contribution is 2.31. The van der Waals surface area contributed by atoms with E-state index in [0.29, 0.717) is 5.90 Å². The lowest BCUT2D eigenvalue weighted by atomic mass is 10.1. The molecule has 5 nitrogen and oxygen atoms in total. The summed E-state index contributed by atoms with van der Waals surface area (Å²) in [4.78, 5) is 4.19. The summed E-state index contributed by atoms with van der Waals surface area (Å²) >= 11 is 3.43. The number of hydrogen-bond donors (Lipinski definition) is 0. The van der Waals surface area contributed by atoms with Crippen LogP contribution >= 0.6 is 15.9 Å². The van der Waals surface area contributed by atoms with Gasteiger partial charge < -0.3 is 4.74 Å². The van der Waals surface area contributed by atoms with E-state index in [1.54, 1.807) is 13.3 Å². The van der Waals surface area contributed by atoms with Gasteiger partial charge in [0, 0.05) is 17.2 Å². The summed E-state index contributed by atoms with van der Waals surface area (Å²) in [6.45, 7) is 2.83. The lowest BCUT2D eigenvalue weighted by Crippen LogP contribution is -2.43. The first-order valence-electron chi connectivity index (χ1n) is 4.42. The average Bonchev–Trinajstić information content (AvgIpc) is 2.63. The second kappa shape index (κ2) is 3.68. The Bertz CT molecular complexity index is 325. The summed E-state index contributed by atoms with van der Waals surface area (Å²) in [6, 6.07) is 0.0202. The van der Waals surface area contributed by atoms with E-state index in [1.165, 1.54) is 0 Å². The van der Waals surface area contributed by atoms with Crippen LogP contribution < -0.4 is 0 Å². The van der Waals surface area contributed by atoms with E-state index in [-0.39, 0.29) is 12.1 Å². The number of ether oxygens (including phenoxy) is 1. The van der Waals surface area contributed by atoms with Crippen LogP contribution in [0.2, 0.25) is 0 Å². The van der Waals surface area contributed by atoms with E-state index in [1.807, 2.05) is 11.9 Å². The van der Waals surface area contributed by atoms with Gasteiger partial charge in [0.2, 0.25) is 5.90 Å². The van der Waals surface area contributed by atoms with Gasteiger partial charge in [-0.2, -0.15) is 5.11 Å².